The van der Waals surface area contributed by atoms with Gasteiger partial charge in [0.15, 0.2) is 11.6 Å². The number of hydrogen-bond donors (Lipinski definition) is 2. The molecular weight excluding hydrogens is 277 g/mol. The van der Waals surface area contributed by atoms with Gasteiger partial charge in [-0.15, -0.1) is 0 Å². The van der Waals surface area contributed by atoms with E-state index in [0.29, 0.717) is 17.5 Å². The Bertz CT molecular complexity index is 439. The van der Waals surface area contributed by atoms with Crippen LogP contribution < -0.4 is 15.8 Å². The summed E-state index contributed by atoms with van der Waals surface area (Å²) in [4.78, 5) is 0. The molecule has 1 aliphatic heterocycles. The van der Waals surface area contributed by atoms with Gasteiger partial charge in [0.1, 0.15) is 0 Å². The number of benzene rings is 1. The van der Waals surface area contributed by atoms with Crippen molar-refractivity contribution in [2.75, 3.05) is 23.3 Å². The van der Waals surface area contributed by atoms with Gasteiger partial charge in [-0.2, -0.15) is 20.5 Å². The van der Waals surface area contributed by atoms with Gasteiger partial charge in [0.05, 0.1) is 11.4 Å². The second kappa shape index (κ2) is 6.27. The van der Waals surface area contributed by atoms with E-state index >= 15 is 0 Å². The van der Waals surface area contributed by atoms with Crippen LogP contribution in [0.25, 0.3) is 0 Å². The lowest BCUT2D eigenvalue weighted by molar-refractivity contribution is -0.0521. The van der Waals surface area contributed by atoms with Crippen molar-refractivity contribution in [2.24, 2.45) is 0 Å². The maximum absolute atomic E-state index is 13.4. The highest BCUT2D eigenvalue weighted by Gasteiger charge is 2.17. The molecule has 1 aromatic rings. The Hall–Kier alpha value is -1.24. The lowest BCUT2D eigenvalue weighted by Gasteiger charge is -2.15. The first-order valence-corrected chi connectivity index (χ1v) is 7.00. The molecule has 7 heteroatoms. The summed E-state index contributed by atoms with van der Waals surface area (Å²) in [6.07, 6.45) is 2.29. The summed E-state index contributed by atoms with van der Waals surface area (Å²) < 4.78 is 41.7. The molecule has 19 heavy (non-hydrogen) atoms. The first kappa shape index (κ1) is 14.2. The van der Waals surface area contributed by atoms with E-state index in [-0.39, 0.29) is 5.69 Å². The molecule has 3 N–H and O–H groups in total. The van der Waals surface area contributed by atoms with Crippen LogP contribution in [0, 0.1) is 5.82 Å². The quantitative estimate of drug-likeness (QED) is 0.817. The van der Waals surface area contributed by atoms with Gasteiger partial charge in [-0.3, -0.25) is 0 Å². The van der Waals surface area contributed by atoms with Crippen LogP contribution >= 0.6 is 11.8 Å². The van der Waals surface area contributed by atoms with Crippen LogP contribution in [0.3, 0.4) is 0 Å². The third-order valence-corrected chi connectivity index (χ3v) is 4.26. The molecular formula is C12H15F3N2OS. The number of thioether (sulfide) groups is 1. The average Bonchev–Trinajstić information content (AvgIpc) is 2.83. The summed E-state index contributed by atoms with van der Waals surface area (Å²) >= 11 is 1.86. The lowest BCUT2D eigenvalue weighted by Crippen LogP contribution is -2.15. The monoisotopic (exact) mass is 292 g/mol. The van der Waals surface area contributed by atoms with Gasteiger partial charge in [0.2, 0.25) is 0 Å². The molecule has 0 bridgehead atoms. The molecule has 1 aromatic carbocycles. The van der Waals surface area contributed by atoms with E-state index in [4.69, 9.17) is 5.73 Å². The number of nitrogens with one attached hydrogen (secondary N) is 1. The summed E-state index contributed by atoms with van der Waals surface area (Å²) in [5.41, 5.74) is 6.26. The van der Waals surface area contributed by atoms with Crippen molar-refractivity contribution < 1.29 is 17.9 Å². The maximum Gasteiger partial charge on any atom is 0.387 e. The lowest BCUT2D eigenvalue weighted by atomic mass is 10.2. The predicted octanol–water partition coefficient (Wildman–Crippen LogP) is 3.32. The number of nitrogens with two attached hydrogens (primary N) is 1. The molecule has 1 unspecified atom stereocenters. The van der Waals surface area contributed by atoms with Gasteiger partial charge in [-0.25, -0.2) is 4.39 Å². The second-order valence-electron chi connectivity index (χ2n) is 4.26. The molecule has 0 saturated carbocycles. The van der Waals surface area contributed by atoms with E-state index in [1.807, 2.05) is 11.8 Å². The zero-order chi connectivity index (χ0) is 13.8. The Morgan fingerprint density at radius 1 is 1.47 bits per heavy atom. The Balaban J connectivity index is 2.05. The second-order valence-corrected chi connectivity index (χ2v) is 5.67. The number of hydrogen-bond acceptors (Lipinski definition) is 4. The molecule has 0 aromatic heterocycles. The van der Waals surface area contributed by atoms with Crippen LogP contribution in [0.4, 0.5) is 24.5 Å². The molecule has 0 amide bonds. The number of anilines is 2. The van der Waals surface area contributed by atoms with Crippen molar-refractivity contribution in [2.45, 2.75) is 24.7 Å². The first-order chi connectivity index (χ1) is 9.06. The largest absolute Gasteiger partial charge is 0.432 e. The fourth-order valence-electron chi connectivity index (χ4n) is 1.94. The van der Waals surface area contributed by atoms with Crippen LogP contribution in [0.5, 0.6) is 5.75 Å². The molecule has 2 rings (SSSR count). The molecule has 0 aliphatic carbocycles. The van der Waals surface area contributed by atoms with Crippen LogP contribution in [0.15, 0.2) is 12.1 Å². The molecule has 1 saturated heterocycles. The van der Waals surface area contributed by atoms with Crippen molar-refractivity contribution in [1.82, 2.24) is 0 Å². The fraction of sp³-hybridized carbons (Fsp3) is 0.500. The summed E-state index contributed by atoms with van der Waals surface area (Å²) in [6.45, 7) is -2.38. The van der Waals surface area contributed by atoms with Crippen molar-refractivity contribution in [3.8, 4) is 5.75 Å². The number of nitrogen functional groups attached to an aromatic ring is 1. The van der Waals surface area contributed by atoms with Gasteiger partial charge >= 0.3 is 6.61 Å². The third-order valence-electron chi connectivity index (χ3n) is 2.86. The van der Waals surface area contributed by atoms with Crippen molar-refractivity contribution in [3.05, 3.63) is 17.9 Å². The molecule has 0 spiro atoms. The highest BCUT2D eigenvalue weighted by atomic mass is 32.2. The predicted molar refractivity (Wildman–Crippen MR) is 71.4 cm³/mol. The normalized spacial score (nSPS) is 18.8. The summed E-state index contributed by atoms with van der Waals surface area (Å²) in [5.74, 6) is -0.255. The van der Waals surface area contributed by atoms with E-state index in [1.54, 1.807) is 0 Å². The van der Waals surface area contributed by atoms with E-state index in [2.05, 4.69) is 10.1 Å². The van der Waals surface area contributed by atoms with E-state index < -0.39 is 18.2 Å². The fourth-order valence-corrected chi connectivity index (χ4v) is 3.14. The SMILES string of the molecule is Nc1cc(F)c(OC(F)F)cc1NCC1CCCS1. The Morgan fingerprint density at radius 2 is 2.26 bits per heavy atom. The van der Waals surface area contributed by atoms with Crippen LogP contribution in [0.1, 0.15) is 12.8 Å². The summed E-state index contributed by atoms with van der Waals surface area (Å²) in [7, 11) is 0. The molecule has 0 radical (unpaired) electrons. The number of alkyl halides is 2. The first-order valence-electron chi connectivity index (χ1n) is 5.95. The Kier molecular flexibility index (Phi) is 4.68. The Labute approximate surface area is 113 Å². The molecule has 3 nitrogen and oxygen atoms in total. The van der Waals surface area contributed by atoms with Crippen LogP contribution in [-0.4, -0.2) is 24.2 Å². The minimum Gasteiger partial charge on any atom is -0.432 e. The van der Waals surface area contributed by atoms with Gasteiger partial charge in [-0.1, -0.05) is 0 Å². The number of ether oxygens (including phenoxy) is 1. The zero-order valence-corrected chi connectivity index (χ0v) is 11.0. The van der Waals surface area contributed by atoms with Crippen LogP contribution in [-0.2, 0) is 0 Å². The van der Waals surface area contributed by atoms with Crippen molar-refractivity contribution >= 4 is 23.1 Å². The smallest absolute Gasteiger partial charge is 0.387 e. The minimum atomic E-state index is -3.06. The molecule has 1 heterocycles. The zero-order valence-electron chi connectivity index (χ0n) is 10.2. The van der Waals surface area contributed by atoms with Crippen molar-refractivity contribution in [1.29, 1.82) is 0 Å². The maximum atomic E-state index is 13.4. The minimum absolute atomic E-state index is 0.183. The van der Waals surface area contributed by atoms with Gasteiger partial charge < -0.3 is 15.8 Å². The number of halogens is 3. The van der Waals surface area contributed by atoms with E-state index in [9.17, 15) is 13.2 Å². The third kappa shape index (κ3) is 3.86. The average molecular weight is 292 g/mol. The Morgan fingerprint density at radius 3 is 2.89 bits per heavy atom. The molecule has 1 aliphatic rings. The summed E-state index contributed by atoms with van der Waals surface area (Å²) in [5, 5.41) is 3.53. The van der Waals surface area contributed by atoms with Gasteiger partial charge in [0.25, 0.3) is 0 Å². The molecule has 106 valence electrons. The van der Waals surface area contributed by atoms with Crippen molar-refractivity contribution in [3.63, 3.8) is 0 Å². The highest BCUT2D eigenvalue weighted by molar-refractivity contribution is 8.00. The summed E-state index contributed by atoms with van der Waals surface area (Å²) in [6, 6.07) is 2.16. The highest BCUT2D eigenvalue weighted by Crippen LogP contribution is 2.31. The van der Waals surface area contributed by atoms with E-state index in [1.165, 1.54) is 12.5 Å². The topological polar surface area (TPSA) is 47.3 Å². The van der Waals surface area contributed by atoms with E-state index in [0.717, 1.165) is 18.2 Å². The number of rotatable bonds is 5. The molecule has 1 fully saturated rings. The van der Waals surface area contributed by atoms with Crippen LogP contribution in [0.2, 0.25) is 0 Å². The van der Waals surface area contributed by atoms with Gasteiger partial charge in [0, 0.05) is 23.9 Å². The van der Waals surface area contributed by atoms with Gasteiger partial charge in [-0.05, 0) is 18.6 Å². The molecule has 1 atom stereocenters. The standard InChI is InChI=1S/C12H15F3N2OS/c13-8-4-9(16)10(5-11(8)18-12(14)15)17-6-7-2-1-3-19-7/h4-5,7,12,17H,1-3,6,16H2.